The molecule has 18 nitrogen and oxygen atoms in total. The van der Waals surface area contributed by atoms with Crippen LogP contribution in [0.5, 0.6) is 5.75 Å². The van der Waals surface area contributed by atoms with Gasteiger partial charge in [0, 0.05) is 32.4 Å². The quantitative estimate of drug-likeness (QED) is 0.0567. The van der Waals surface area contributed by atoms with E-state index in [0.29, 0.717) is 44.2 Å². The lowest BCUT2D eigenvalue weighted by Crippen LogP contribution is -2.57. The Bertz CT molecular complexity index is 2470. The molecular weight excluding hydrogens is 984 g/mol. The van der Waals surface area contributed by atoms with Crippen LogP contribution in [0.4, 0.5) is 9.18 Å². The highest BCUT2D eigenvalue weighted by Gasteiger charge is 2.45. The summed E-state index contributed by atoms with van der Waals surface area (Å²) in [6, 6.07) is 7.61. The molecule has 412 valence electrons. The van der Waals surface area contributed by atoms with Gasteiger partial charge in [-0.3, -0.25) is 28.8 Å². The topological polar surface area (TPSA) is 252 Å². The van der Waals surface area contributed by atoms with Crippen LogP contribution >= 0.6 is 11.3 Å². The van der Waals surface area contributed by atoms with E-state index in [4.69, 9.17) is 15.2 Å². The van der Waals surface area contributed by atoms with Crippen LogP contribution in [0.1, 0.15) is 143 Å². The van der Waals surface area contributed by atoms with Crippen LogP contribution in [0.3, 0.4) is 0 Å². The molecule has 2 aliphatic rings. The molecule has 3 heterocycles. The summed E-state index contributed by atoms with van der Waals surface area (Å²) < 4.78 is 27.3. The fourth-order valence-electron chi connectivity index (χ4n) is 9.36. The Balaban J connectivity index is 1.14. The van der Waals surface area contributed by atoms with Crippen molar-refractivity contribution in [2.24, 2.45) is 17.1 Å². The molecule has 2 aromatic carbocycles. The van der Waals surface area contributed by atoms with Gasteiger partial charge in [0.2, 0.25) is 35.4 Å². The van der Waals surface area contributed by atoms with E-state index < -0.39 is 101 Å². The first-order chi connectivity index (χ1) is 35.2. The van der Waals surface area contributed by atoms with Gasteiger partial charge in [0.15, 0.2) is 11.6 Å². The first kappa shape index (κ1) is 59.7. The lowest BCUT2D eigenvalue weighted by atomic mass is 9.85. The number of carbonyl (C=O) groups is 7. The van der Waals surface area contributed by atoms with Crippen molar-refractivity contribution >= 4 is 52.9 Å². The summed E-state index contributed by atoms with van der Waals surface area (Å²) in [6.45, 7) is 18.3. The van der Waals surface area contributed by atoms with Gasteiger partial charge in [0.1, 0.15) is 36.4 Å². The van der Waals surface area contributed by atoms with Crippen molar-refractivity contribution in [2.45, 2.75) is 181 Å². The number of hydrogen-bond acceptors (Lipinski definition) is 12. The van der Waals surface area contributed by atoms with Crippen molar-refractivity contribution in [2.75, 3.05) is 19.7 Å². The molecule has 7 N–H and O–H groups in total. The number of benzene rings is 2. The molecule has 3 aromatic rings. The molecule has 20 heteroatoms. The Morgan fingerprint density at radius 2 is 1.57 bits per heavy atom. The summed E-state index contributed by atoms with van der Waals surface area (Å²) in [6.07, 6.45) is 0.664. The molecule has 2 fully saturated rings. The summed E-state index contributed by atoms with van der Waals surface area (Å²) in [5.74, 6) is -3.45. The predicted molar refractivity (Wildman–Crippen MR) is 284 cm³/mol. The molecule has 2 aliphatic heterocycles. The molecule has 75 heavy (non-hydrogen) atoms. The zero-order valence-corrected chi connectivity index (χ0v) is 46.1. The van der Waals surface area contributed by atoms with Crippen molar-refractivity contribution < 1.29 is 52.5 Å². The summed E-state index contributed by atoms with van der Waals surface area (Å²) in [4.78, 5) is 102. The van der Waals surface area contributed by atoms with Gasteiger partial charge in [-0.25, -0.2) is 14.2 Å². The second-order valence-corrected chi connectivity index (χ2v) is 23.2. The number of ether oxygens (including phenoxy) is 2. The molecule has 2 saturated heterocycles. The van der Waals surface area contributed by atoms with Crippen molar-refractivity contribution in [3.8, 4) is 16.2 Å². The van der Waals surface area contributed by atoms with Gasteiger partial charge in [-0.05, 0) is 114 Å². The number of nitrogens with zero attached hydrogens (tertiary/aromatic N) is 3. The molecule has 0 bridgehead atoms. The number of β-amino-alcohol motifs (C(OH)–C–C–N with tert-alkyl or cyclic N) is 1. The molecule has 7 atom stereocenters. The highest BCUT2D eigenvalue weighted by atomic mass is 32.1. The number of likely N-dealkylation sites (tertiary alicyclic amines) is 2. The number of aliphatic hydroxyl groups is 1. The van der Waals surface area contributed by atoms with Crippen LogP contribution in [0.2, 0.25) is 0 Å². The van der Waals surface area contributed by atoms with Gasteiger partial charge in [-0.2, -0.15) is 0 Å². The maximum Gasteiger partial charge on any atom is 0.408 e. The fourth-order valence-corrected chi connectivity index (χ4v) is 10.2. The maximum atomic E-state index is 16.0. The smallest absolute Gasteiger partial charge is 0.408 e. The van der Waals surface area contributed by atoms with Gasteiger partial charge in [-0.15, -0.1) is 11.3 Å². The Morgan fingerprint density at radius 3 is 2.20 bits per heavy atom. The van der Waals surface area contributed by atoms with E-state index in [2.05, 4.69) is 26.3 Å². The number of unbranched alkanes of at least 4 members (excludes halogenated alkanes) is 1. The van der Waals surface area contributed by atoms with Crippen molar-refractivity contribution in [3.63, 3.8) is 0 Å². The number of hydrogen-bond donors (Lipinski definition) is 6. The number of nitrogens with two attached hydrogens (primary N) is 1. The van der Waals surface area contributed by atoms with E-state index in [-0.39, 0.29) is 56.9 Å². The summed E-state index contributed by atoms with van der Waals surface area (Å²) in [5.41, 5.74) is 8.89. The Kier molecular flexibility index (Phi) is 21.1. The largest absolute Gasteiger partial charge is 0.488 e. The molecule has 0 saturated carbocycles. The number of rotatable bonds is 23. The molecule has 0 aliphatic carbocycles. The second kappa shape index (κ2) is 26.6. The lowest BCUT2D eigenvalue weighted by molar-refractivity contribution is -0.144. The maximum absolute atomic E-state index is 16.0. The third-order valence-corrected chi connectivity index (χ3v) is 14.2. The number of halogens is 1. The van der Waals surface area contributed by atoms with Crippen LogP contribution < -0.4 is 31.7 Å². The zero-order chi connectivity index (χ0) is 55.4. The number of aromatic nitrogens is 1. The van der Waals surface area contributed by atoms with Crippen LogP contribution in [0, 0.1) is 24.1 Å². The van der Waals surface area contributed by atoms with E-state index in [9.17, 15) is 38.7 Å². The van der Waals surface area contributed by atoms with E-state index >= 15 is 4.39 Å². The number of amides is 7. The number of carbonyl (C=O) groups excluding carboxylic acids is 7. The van der Waals surface area contributed by atoms with Crippen molar-refractivity contribution in [1.29, 1.82) is 0 Å². The average molecular weight is 1060 g/mol. The minimum absolute atomic E-state index is 0.0347. The number of aryl methyl sites for hydroxylation is 2. The summed E-state index contributed by atoms with van der Waals surface area (Å²) in [7, 11) is 0. The van der Waals surface area contributed by atoms with Gasteiger partial charge in [0.25, 0.3) is 0 Å². The van der Waals surface area contributed by atoms with E-state index in [1.165, 1.54) is 15.9 Å². The molecule has 0 spiro atoms. The third kappa shape index (κ3) is 17.4. The van der Waals surface area contributed by atoms with Gasteiger partial charge >= 0.3 is 6.09 Å². The number of primary amides is 1. The predicted octanol–water partition coefficient (Wildman–Crippen LogP) is 6.40. The number of thiazole rings is 1. The summed E-state index contributed by atoms with van der Waals surface area (Å²) in [5, 5.41) is 22.2. The lowest BCUT2D eigenvalue weighted by Gasteiger charge is -2.35. The number of aliphatic hydroxyl groups excluding tert-OH is 1. The fraction of sp³-hybridized carbons (Fsp3) is 0.600. The SMILES string of the molecule is Cc1ncsc1-c1ccc([C@H](C)NC(=O)[C@@H]2C[C@@H](O)CN2C(=O)[C@@H](NC(=O)CCCCc2cccc(OC[C@H](CCC(N)=O)NC(=O)[C@@H]3CCCN3C(=O)[C@H](CC(C)C)NC(=O)OC(C)(C)C)c2F)C(C)(C)C)cc1. The third-order valence-electron chi connectivity index (χ3n) is 13.3. The Morgan fingerprint density at radius 1 is 0.880 bits per heavy atom. The van der Waals surface area contributed by atoms with Crippen LogP contribution in [0.25, 0.3) is 10.4 Å². The normalized spacial score (nSPS) is 18.4. The van der Waals surface area contributed by atoms with E-state index in [1.54, 1.807) is 49.8 Å². The van der Waals surface area contributed by atoms with Gasteiger partial charge in [0.05, 0.1) is 34.3 Å². The van der Waals surface area contributed by atoms with Crippen LogP contribution in [-0.4, -0.2) is 123 Å². The highest BCUT2D eigenvalue weighted by Crippen LogP contribution is 2.31. The van der Waals surface area contributed by atoms with Crippen LogP contribution in [-0.2, 0) is 39.9 Å². The molecule has 0 radical (unpaired) electrons. The van der Waals surface area contributed by atoms with Crippen LogP contribution in [0.15, 0.2) is 48.0 Å². The van der Waals surface area contributed by atoms with Gasteiger partial charge in [-0.1, -0.05) is 71.0 Å². The van der Waals surface area contributed by atoms with E-state index in [0.717, 1.165) is 21.7 Å². The zero-order valence-electron chi connectivity index (χ0n) is 45.3. The highest BCUT2D eigenvalue weighted by molar-refractivity contribution is 7.13. The van der Waals surface area contributed by atoms with Gasteiger partial charge < -0.3 is 51.4 Å². The first-order valence-corrected chi connectivity index (χ1v) is 27.0. The minimum atomic E-state index is -1.01. The average Bonchev–Trinajstić information content (AvgIpc) is 4.09. The minimum Gasteiger partial charge on any atom is -0.488 e. The van der Waals surface area contributed by atoms with Crippen molar-refractivity contribution in [1.82, 2.24) is 36.1 Å². The monoisotopic (exact) mass is 1060 g/mol. The van der Waals surface area contributed by atoms with E-state index in [1.807, 2.05) is 72.7 Å². The molecule has 1 aromatic heterocycles. The molecular formula is C55H79FN8O10S. The standard InChI is InChI=1S/C55H79FN8O10S/c1-32(2)27-40(61-53(72)74-55(8,9)10)51(70)63-26-14-17-41(63)49(68)60-38(24-25-44(57)66)30-73-43-18-13-16-36(46(43)56)15-11-12-19-45(67)62-48(54(5,6)7)52(71)64-29-39(65)28-42(64)50(69)59-33(3)35-20-22-37(23-21-35)47-34(4)58-31-75-47/h13,16,18,20-23,31-33,38-42,48,65H,11-12,14-15,17,19,24-30H2,1-10H3,(H2,57,66)(H,59,69)(H,60,68)(H,61,72)(H,62,67)/t33-,38-,39+,40-,41-,42-,48+/m0/s1. The Hall–Kier alpha value is -6.15. The molecule has 0 unspecified atom stereocenters. The Labute approximate surface area is 444 Å². The number of nitrogens with one attached hydrogen (secondary N) is 4. The second-order valence-electron chi connectivity index (χ2n) is 22.4. The number of alkyl carbamates (subject to hydrolysis) is 1. The summed E-state index contributed by atoms with van der Waals surface area (Å²) >= 11 is 1.55. The first-order valence-electron chi connectivity index (χ1n) is 26.1. The van der Waals surface area contributed by atoms with Crippen molar-refractivity contribution in [3.05, 3.63) is 70.6 Å². The molecule has 7 amide bonds. The molecule has 5 rings (SSSR count).